The monoisotopic (exact) mass is 287 g/mol. The van der Waals surface area contributed by atoms with Crippen molar-refractivity contribution in [3.63, 3.8) is 0 Å². The minimum Gasteiger partial charge on any atom is -0.397 e. The summed E-state index contributed by atoms with van der Waals surface area (Å²) < 4.78 is 1.89. The molecular weight excluding hydrogens is 266 g/mol. The minimum atomic E-state index is -0.102. The van der Waals surface area contributed by atoms with Crippen molar-refractivity contribution in [3.8, 4) is 0 Å². The highest BCUT2D eigenvalue weighted by atomic mass is 16.1. The third kappa shape index (κ3) is 4.24. The summed E-state index contributed by atoms with van der Waals surface area (Å²) in [6.45, 7) is 4.14. The van der Waals surface area contributed by atoms with E-state index in [1.165, 1.54) is 0 Å². The van der Waals surface area contributed by atoms with Gasteiger partial charge in [0.05, 0.1) is 11.4 Å². The van der Waals surface area contributed by atoms with E-state index in [1.54, 1.807) is 18.3 Å². The summed E-state index contributed by atoms with van der Waals surface area (Å²) in [7, 11) is 0. The summed E-state index contributed by atoms with van der Waals surface area (Å²) in [6, 6.07) is 7.22. The van der Waals surface area contributed by atoms with Gasteiger partial charge in [0, 0.05) is 37.6 Å². The number of nitrogens with one attached hydrogen (secondary N) is 2. The Morgan fingerprint density at radius 1 is 1.43 bits per heavy atom. The molecule has 0 unspecified atom stereocenters. The number of aryl methyl sites for hydroxylation is 1. The topological polar surface area (TPSA) is 85.0 Å². The Hall–Kier alpha value is -2.50. The van der Waals surface area contributed by atoms with E-state index >= 15 is 0 Å². The third-order valence-electron chi connectivity index (χ3n) is 3.09. The van der Waals surface area contributed by atoms with Crippen molar-refractivity contribution in [1.29, 1.82) is 0 Å². The second-order valence-corrected chi connectivity index (χ2v) is 4.71. The van der Waals surface area contributed by atoms with Crippen LogP contribution in [0.3, 0.4) is 0 Å². The highest BCUT2D eigenvalue weighted by molar-refractivity contribution is 5.96. The van der Waals surface area contributed by atoms with Gasteiger partial charge in [-0.2, -0.15) is 5.10 Å². The second kappa shape index (κ2) is 7.33. The molecule has 0 spiro atoms. The van der Waals surface area contributed by atoms with Crippen LogP contribution in [0.5, 0.6) is 0 Å². The number of anilines is 2. The van der Waals surface area contributed by atoms with Crippen molar-refractivity contribution in [2.24, 2.45) is 0 Å². The lowest BCUT2D eigenvalue weighted by Gasteiger charge is -2.11. The molecule has 112 valence electrons. The van der Waals surface area contributed by atoms with E-state index in [0.29, 0.717) is 17.8 Å². The first-order valence-electron chi connectivity index (χ1n) is 7.09. The van der Waals surface area contributed by atoms with Crippen molar-refractivity contribution < 1.29 is 4.79 Å². The predicted molar refractivity (Wildman–Crippen MR) is 84.2 cm³/mol. The largest absolute Gasteiger partial charge is 0.397 e. The van der Waals surface area contributed by atoms with Crippen LogP contribution in [0.25, 0.3) is 0 Å². The van der Waals surface area contributed by atoms with Gasteiger partial charge in [-0.1, -0.05) is 0 Å². The maximum absolute atomic E-state index is 11.7. The molecule has 2 rings (SSSR count). The number of nitrogens with zero attached hydrogens (tertiary/aromatic N) is 2. The quantitative estimate of drug-likeness (QED) is 0.534. The fraction of sp³-hybridized carbons (Fsp3) is 0.333. The molecule has 6 nitrogen and oxygen atoms in total. The third-order valence-corrected chi connectivity index (χ3v) is 3.09. The van der Waals surface area contributed by atoms with E-state index in [4.69, 9.17) is 5.73 Å². The minimum absolute atomic E-state index is 0.102. The van der Waals surface area contributed by atoms with Crippen molar-refractivity contribution in [3.05, 3.63) is 42.2 Å². The van der Waals surface area contributed by atoms with Crippen LogP contribution in [0.2, 0.25) is 0 Å². The van der Waals surface area contributed by atoms with Crippen LogP contribution in [0.4, 0.5) is 11.4 Å². The van der Waals surface area contributed by atoms with E-state index in [0.717, 1.165) is 25.2 Å². The molecule has 0 aliphatic heterocycles. The summed E-state index contributed by atoms with van der Waals surface area (Å²) in [6.07, 6.45) is 4.65. The van der Waals surface area contributed by atoms with Gasteiger partial charge in [0.25, 0.3) is 5.91 Å². The summed E-state index contributed by atoms with van der Waals surface area (Å²) in [5.74, 6) is -0.102. The maximum atomic E-state index is 11.7. The van der Waals surface area contributed by atoms with Gasteiger partial charge in [0.1, 0.15) is 0 Å². The Kier molecular flexibility index (Phi) is 5.20. The number of carbonyl (C=O) groups is 1. The molecule has 0 aliphatic rings. The van der Waals surface area contributed by atoms with Gasteiger partial charge >= 0.3 is 0 Å². The average molecular weight is 287 g/mol. The molecule has 1 aromatic carbocycles. The van der Waals surface area contributed by atoms with Gasteiger partial charge in [-0.05, 0) is 37.6 Å². The van der Waals surface area contributed by atoms with Crippen LogP contribution in [0, 0.1) is 0 Å². The van der Waals surface area contributed by atoms with Gasteiger partial charge in [-0.3, -0.25) is 9.48 Å². The Balaban J connectivity index is 1.84. The van der Waals surface area contributed by atoms with Crippen molar-refractivity contribution in [2.45, 2.75) is 19.9 Å². The number of benzene rings is 1. The molecule has 0 saturated heterocycles. The molecule has 1 aromatic heterocycles. The summed E-state index contributed by atoms with van der Waals surface area (Å²) >= 11 is 0. The number of hydrogen-bond acceptors (Lipinski definition) is 4. The standard InChI is InChI=1S/C15H21N5O/c1-2-17-15(21)12-5-6-14(13(16)11-12)18-7-3-9-20-10-4-8-19-20/h4-6,8,10-11,18H,2-3,7,9,16H2,1H3,(H,17,21). The smallest absolute Gasteiger partial charge is 0.251 e. The lowest BCUT2D eigenvalue weighted by atomic mass is 10.1. The Bertz CT molecular complexity index is 580. The summed E-state index contributed by atoms with van der Waals surface area (Å²) in [4.78, 5) is 11.7. The molecule has 1 amide bonds. The molecule has 0 atom stereocenters. The fourth-order valence-electron chi connectivity index (χ4n) is 2.02. The number of hydrogen-bond donors (Lipinski definition) is 3. The molecular formula is C15H21N5O. The van der Waals surface area contributed by atoms with E-state index in [2.05, 4.69) is 15.7 Å². The zero-order valence-corrected chi connectivity index (χ0v) is 12.2. The molecule has 6 heteroatoms. The summed E-state index contributed by atoms with van der Waals surface area (Å²) in [5, 5.41) is 10.2. The van der Waals surface area contributed by atoms with E-state index in [-0.39, 0.29) is 5.91 Å². The predicted octanol–water partition coefficient (Wildman–Crippen LogP) is 1.72. The second-order valence-electron chi connectivity index (χ2n) is 4.71. The van der Waals surface area contributed by atoms with Crippen molar-refractivity contribution in [1.82, 2.24) is 15.1 Å². The van der Waals surface area contributed by atoms with Crippen LogP contribution < -0.4 is 16.4 Å². The highest BCUT2D eigenvalue weighted by Gasteiger charge is 2.06. The number of rotatable bonds is 7. The Morgan fingerprint density at radius 2 is 2.29 bits per heavy atom. The lowest BCUT2D eigenvalue weighted by molar-refractivity contribution is 0.0956. The number of nitrogens with two attached hydrogens (primary N) is 1. The molecule has 0 saturated carbocycles. The van der Waals surface area contributed by atoms with Gasteiger partial charge in [-0.15, -0.1) is 0 Å². The molecule has 0 radical (unpaired) electrons. The normalized spacial score (nSPS) is 10.3. The van der Waals surface area contributed by atoms with Crippen LogP contribution in [-0.4, -0.2) is 28.8 Å². The number of carbonyl (C=O) groups excluding carboxylic acids is 1. The molecule has 0 aliphatic carbocycles. The summed E-state index contributed by atoms with van der Waals surface area (Å²) in [5.41, 5.74) is 7.98. The number of amides is 1. The average Bonchev–Trinajstić information content (AvgIpc) is 2.98. The molecule has 2 aromatic rings. The first kappa shape index (κ1) is 14.9. The van der Waals surface area contributed by atoms with Gasteiger partial charge < -0.3 is 16.4 Å². The van der Waals surface area contributed by atoms with Gasteiger partial charge in [0.15, 0.2) is 0 Å². The van der Waals surface area contributed by atoms with Gasteiger partial charge in [-0.25, -0.2) is 0 Å². The van der Waals surface area contributed by atoms with E-state index in [1.807, 2.05) is 29.9 Å². The molecule has 0 fully saturated rings. The number of aromatic nitrogens is 2. The molecule has 1 heterocycles. The van der Waals surface area contributed by atoms with E-state index in [9.17, 15) is 4.79 Å². The van der Waals surface area contributed by atoms with Crippen LogP contribution in [-0.2, 0) is 6.54 Å². The van der Waals surface area contributed by atoms with Crippen LogP contribution in [0.15, 0.2) is 36.7 Å². The van der Waals surface area contributed by atoms with Crippen LogP contribution >= 0.6 is 0 Å². The zero-order valence-electron chi connectivity index (χ0n) is 12.2. The zero-order chi connectivity index (χ0) is 15.1. The van der Waals surface area contributed by atoms with Crippen LogP contribution in [0.1, 0.15) is 23.7 Å². The van der Waals surface area contributed by atoms with E-state index < -0.39 is 0 Å². The number of nitrogen functional groups attached to an aromatic ring is 1. The molecule has 4 N–H and O–H groups in total. The molecule has 0 bridgehead atoms. The first-order valence-corrected chi connectivity index (χ1v) is 7.09. The molecule has 21 heavy (non-hydrogen) atoms. The SMILES string of the molecule is CCNC(=O)c1ccc(NCCCn2cccn2)c(N)c1. The lowest BCUT2D eigenvalue weighted by Crippen LogP contribution is -2.22. The Labute approximate surface area is 124 Å². The van der Waals surface area contributed by atoms with Gasteiger partial charge in [0.2, 0.25) is 0 Å². The van der Waals surface area contributed by atoms with Crippen molar-refractivity contribution in [2.75, 3.05) is 24.1 Å². The Morgan fingerprint density at radius 3 is 2.95 bits per heavy atom. The maximum Gasteiger partial charge on any atom is 0.251 e. The first-order chi connectivity index (χ1) is 10.2. The highest BCUT2D eigenvalue weighted by Crippen LogP contribution is 2.19. The van der Waals surface area contributed by atoms with Crippen molar-refractivity contribution >= 4 is 17.3 Å². The fourth-order valence-corrected chi connectivity index (χ4v) is 2.02.